The van der Waals surface area contributed by atoms with Crippen LogP contribution in [0.25, 0.3) is 5.52 Å². The molecule has 0 aliphatic rings. The van der Waals surface area contributed by atoms with Crippen LogP contribution in [0, 0.1) is 6.92 Å². The highest BCUT2D eigenvalue weighted by Gasteiger charge is 1.99. The smallest absolute Gasteiger partial charge is 0.141 e. The molecule has 2 radical (unpaired) electrons. The number of fused-ring (bicyclic) bond motifs is 1. The Morgan fingerprint density at radius 1 is 1.45 bits per heavy atom. The summed E-state index contributed by atoms with van der Waals surface area (Å²) in [6.45, 7) is 1.93. The summed E-state index contributed by atoms with van der Waals surface area (Å²) in [5, 5.41) is 3.98. The Morgan fingerprint density at radius 3 is 3.00 bits per heavy atom. The monoisotopic (exact) mass is 143 g/mol. The molecule has 2 aromatic rings. The number of rotatable bonds is 0. The summed E-state index contributed by atoms with van der Waals surface area (Å²) in [6, 6.07) is 3.72. The van der Waals surface area contributed by atoms with Gasteiger partial charge in [-0.15, -0.1) is 0 Å². The molecular formula is C7H6BN3. The van der Waals surface area contributed by atoms with Crippen LogP contribution < -0.4 is 5.59 Å². The van der Waals surface area contributed by atoms with Gasteiger partial charge in [-0.05, 0) is 24.6 Å². The van der Waals surface area contributed by atoms with Crippen molar-refractivity contribution in [2.45, 2.75) is 6.92 Å². The quantitative estimate of drug-likeness (QED) is 0.479. The molecule has 0 atom stereocenters. The molecule has 0 unspecified atom stereocenters. The van der Waals surface area contributed by atoms with Crippen LogP contribution in [0.5, 0.6) is 0 Å². The Hall–Kier alpha value is -1.32. The highest BCUT2D eigenvalue weighted by Crippen LogP contribution is 2.02. The molecule has 0 amide bonds. The lowest BCUT2D eigenvalue weighted by Gasteiger charge is -1.97. The van der Waals surface area contributed by atoms with Crippen molar-refractivity contribution < 1.29 is 0 Å². The van der Waals surface area contributed by atoms with Gasteiger partial charge in [0, 0.05) is 0 Å². The zero-order chi connectivity index (χ0) is 7.84. The average molecular weight is 143 g/mol. The van der Waals surface area contributed by atoms with Crippen molar-refractivity contribution in [3.05, 3.63) is 24.2 Å². The van der Waals surface area contributed by atoms with Gasteiger partial charge in [-0.3, -0.25) is 0 Å². The second-order valence-electron chi connectivity index (χ2n) is 2.40. The number of hydrogen-bond acceptors (Lipinski definition) is 2. The maximum atomic E-state index is 5.62. The Kier molecular flexibility index (Phi) is 1.21. The maximum Gasteiger partial charge on any atom is 0.141 e. The summed E-state index contributed by atoms with van der Waals surface area (Å²) in [5.41, 5.74) is 2.55. The maximum absolute atomic E-state index is 5.62. The van der Waals surface area contributed by atoms with Gasteiger partial charge in [0.2, 0.25) is 0 Å². The molecule has 0 saturated heterocycles. The summed E-state index contributed by atoms with van der Waals surface area (Å²) in [7, 11) is 5.62. The van der Waals surface area contributed by atoms with Crippen molar-refractivity contribution >= 4 is 19.0 Å². The van der Waals surface area contributed by atoms with Gasteiger partial charge < -0.3 is 0 Å². The summed E-state index contributed by atoms with van der Waals surface area (Å²) in [4.78, 5) is 4.03. The normalized spacial score (nSPS) is 10.6. The van der Waals surface area contributed by atoms with Gasteiger partial charge in [0.15, 0.2) is 0 Å². The Labute approximate surface area is 65.5 Å². The fraction of sp³-hybridized carbons (Fsp3) is 0.143. The number of hydrogen-bond donors (Lipinski definition) is 0. The van der Waals surface area contributed by atoms with Crippen molar-refractivity contribution in [2.24, 2.45) is 0 Å². The van der Waals surface area contributed by atoms with Crippen LogP contribution in [0.2, 0.25) is 0 Å². The second-order valence-corrected chi connectivity index (χ2v) is 2.40. The van der Waals surface area contributed by atoms with Crippen molar-refractivity contribution in [3.8, 4) is 0 Å². The van der Waals surface area contributed by atoms with Gasteiger partial charge in [0.25, 0.3) is 0 Å². The lowest BCUT2D eigenvalue weighted by Crippen LogP contribution is -2.12. The van der Waals surface area contributed by atoms with Crippen molar-refractivity contribution in [3.63, 3.8) is 0 Å². The van der Waals surface area contributed by atoms with Gasteiger partial charge in [-0.25, -0.2) is 9.50 Å². The molecule has 0 spiro atoms. The molecule has 2 aromatic heterocycles. The SMILES string of the molecule is [B]c1ccc2c(C)ncnn12. The Bertz CT molecular complexity index is 393. The minimum absolute atomic E-state index is 0.644. The first-order chi connectivity index (χ1) is 5.29. The standard InChI is InChI=1S/C7H6BN3/c1-5-6-2-3-7(8)11(6)10-4-9-5/h2-4H,1H3. The van der Waals surface area contributed by atoms with Crippen LogP contribution in [0.3, 0.4) is 0 Å². The summed E-state index contributed by atoms with van der Waals surface area (Å²) in [6.07, 6.45) is 1.50. The van der Waals surface area contributed by atoms with Gasteiger partial charge in [-0.2, -0.15) is 5.10 Å². The fourth-order valence-corrected chi connectivity index (χ4v) is 1.08. The third-order valence-electron chi connectivity index (χ3n) is 1.67. The fourth-order valence-electron chi connectivity index (χ4n) is 1.08. The van der Waals surface area contributed by atoms with E-state index in [0.29, 0.717) is 5.59 Å². The number of nitrogens with zero attached hydrogens (tertiary/aromatic N) is 3. The lowest BCUT2D eigenvalue weighted by atomic mass is 10.1. The van der Waals surface area contributed by atoms with E-state index in [2.05, 4.69) is 10.1 Å². The van der Waals surface area contributed by atoms with Crippen molar-refractivity contribution in [2.75, 3.05) is 0 Å². The van der Waals surface area contributed by atoms with Gasteiger partial charge in [0.05, 0.1) is 11.2 Å². The molecule has 0 saturated carbocycles. The van der Waals surface area contributed by atoms with E-state index in [1.165, 1.54) is 6.33 Å². The number of aromatic nitrogens is 3. The molecule has 0 bridgehead atoms. The first-order valence-electron chi connectivity index (χ1n) is 3.34. The minimum atomic E-state index is 0.644. The largest absolute Gasteiger partial charge is 0.245 e. The van der Waals surface area contributed by atoms with E-state index in [4.69, 9.17) is 7.85 Å². The van der Waals surface area contributed by atoms with Crippen molar-refractivity contribution in [1.82, 2.24) is 14.6 Å². The van der Waals surface area contributed by atoms with Gasteiger partial charge in [-0.1, -0.05) is 0 Å². The van der Waals surface area contributed by atoms with E-state index in [1.54, 1.807) is 4.52 Å². The van der Waals surface area contributed by atoms with Gasteiger partial charge >= 0.3 is 0 Å². The average Bonchev–Trinajstić information content (AvgIpc) is 2.35. The van der Waals surface area contributed by atoms with Crippen molar-refractivity contribution in [1.29, 1.82) is 0 Å². The zero-order valence-corrected chi connectivity index (χ0v) is 6.15. The number of aryl methyl sites for hydroxylation is 1. The van der Waals surface area contributed by atoms with Crippen LogP contribution >= 0.6 is 0 Å². The van der Waals surface area contributed by atoms with E-state index in [9.17, 15) is 0 Å². The molecule has 52 valence electrons. The second kappa shape index (κ2) is 2.08. The molecule has 3 nitrogen and oxygen atoms in total. The molecule has 0 fully saturated rings. The molecule has 0 aromatic carbocycles. The molecule has 4 heteroatoms. The van der Waals surface area contributed by atoms with E-state index in [1.807, 2.05) is 19.1 Å². The Balaban J connectivity index is 2.94. The molecule has 2 rings (SSSR count). The summed E-state index contributed by atoms with van der Waals surface area (Å²) >= 11 is 0. The molecule has 0 aliphatic heterocycles. The van der Waals surface area contributed by atoms with E-state index in [-0.39, 0.29) is 0 Å². The highest BCUT2D eigenvalue weighted by atomic mass is 15.2. The van der Waals surface area contributed by atoms with Crippen LogP contribution in [-0.2, 0) is 0 Å². The predicted molar refractivity (Wildman–Crippen MR) is 43.1 cm³/mol. The first kappa shape index (κ1) is 6.40. The molecule has 2 heterocycles. The first-order valence-corrected chi connectivity index (χ1v) is 3.34. The predicted octanol–water partition coefficient (Wildman–Crippen LogP) is -0.168. The lowest BCUT2D eigenvalue weighted by molar-refractivity contribution is 0.906. The molecule has 0 aliphatic carbocycles. The Morgan fingerprint density at radius 2 is 2.27 bits per heavy atom. The van der Waals surface area contributed by atoms with Crippen LogP contribution in [0.4, 0.5) is 0 Å². The third kappa shape index (κ3) is 0.825. The van der Waals surface area contributed by atoms with Gasteiger partial charge in [0.1, 0.15) is 14.2 Å². The van der Waals surface area contributed by atoms with Crippen LogP contribution in [-0.4, -0.2) is 22.4 Å². The van der Waals surface area contributed by atoms with E-state index in [0.717, 1.165) is 11.2 Å². The molecular weight excluding hydrogens is 137 g/mol. The molecule has 11 heavy (non-hydrogen) atoms. The topological polar surface area (TPSA) is 30.2 Å². The molecule has 0 N–H and O–H groups in total. The minimum Gasteiger partial charge on any atom is -0.245 e. The van der Waals surface area contributed by atoms with Crippen LogP contribution in [0.1, 0.15) is 5.69 Å². The highest BCUT2D eigenvalue weighted by molar-refractivity contribution is 6.31. The third-order valence-corrected chi connectivity index (χ3v) is 1.67. The van der Waals surface area contributed by atoms with Crippen LogP contribution in [0.15, 0.2) is 18.5 Å². The zero-order valence-electron chi connectivity index (χ0n) is 6.15. The summed E-state index contributed by atoms with van der Waals surface area (Å²) in [5.74, 6) is 0. The van der Waals surface area contributed by atoms with E-state index >= 15 is 0 Å². The summed E-state index contributed by atoms with van der Waals surface area (Å²) < 4.78 is 1.67. The van der Waals surface area contributed by atoms with E-state index < -0.39 is 0 Å².